The molecule has 1 heterocycles. The van der Waals surface area contributed by atoms with Crippen LogP contribution in [0.1, 0.15) is 31.9 Å². The number of aromatic nitrogens is 2. The van der Waals surface area contributed by atoms with Gasteiger partial charge in [-0.25, -0.2) is 4.39 Å². The van der Waals surface area contributed by atoms with Crippen molar-refractivity contribution in [2.75, 3.05) is 0 Å². The Labute approximate surface area is 124 Å². The predicted octanol–water partition coefficient (Wildman–Crippen LogP) is 2.51. The smallest absolute Gasteiger partial charge is 0.123 e. The van der Waals surface area contributed by atoms with Crippen LogP contribution >= 0.6 is 0 Å². The highest BCUT2D eigenvalue weighted by Gasteiger charge is 2.18. The summed E-state index contributed by atoms with van der Waals surface area (Å²) in [4.78, 5) is 0. The molecule has 21 heavy (non-hydrogen) atoms. The number of nitrogens with one attached hydrogen (secondary N) is 1. The summed E-state index contributed by atoms with van der Waals surface area (Å²) in [5.74, 6) is -0.292. The van der Waals surface area contributed by atoms with Crippen LogP contribution in [0.3, 0.4) is 0 Å². The van der Waals surface area contributed by atoms with E-state index in [0.717, 1.165) is 18.5 Å². The molecule has 1 aromatic carbocycles. The van der Waals surface area contributed by atoms with E-state index in [0.29, 0.717) is 0 Å². The number of rotatable bonds is 7. The van der Waals surface area contributed by atoms with E-state index in [9.17, 15) is 9.50 Å². The Kier molecular flexibility index (Phi) is 5.47. The molecule has 0 spiro atoms. The fraction of sp³-hybridized carbons (Fsp3) is 0.438. The van der Waals surface area contributed by atoms with E-state index < -0.39 is 6.10 Å². The van der Waals surface area contributed by atoms with Crippen LogP contribution in [-0.4, -0.2) is 27.0 Å². The van der Waals surface area contributed by atoms with Crippen LogP contribution in [0.25, 0.3) is 0 Å². The average Bonchev–Trinajstić information content (AvgIpc) is 2.98. The largest absolute Gasteiger partial charge is 0.387 e. The summed E-state index contributed by atoms with van der Waals surface area (Å²) in [5, 5.41) is 17.8. The van der Waals surface area contributed by atoms with Crippen molar-refractivity contribution in [1.82, 2.24) is 15.1 Å². The summed E-state index contributed by atoms with van der Waals surface area (Å²) in [5.41, 5.74) is 0.718. The second-order valence-electron chi connectivity index (χ2n) is 5.41. The number of aliphatic hydroxyl groups excluding tert-OH is 1. The van der Waals surface area contributed by atoms with Gasteiger partial charge in [-0.15, -0.1) is 0 Å². The third kappa shape index (κ3) is 4.65. The molecule has 0 aliphatic heterocycles. The Morgan fingerprint density at radius 3 is 2.62 bits per heavy atom. The topological polar surface area (TPSA) is 50.1 Å². The molecule has 0 saturated carbocycles. The third-order valence-corrected chi connectivity index (χ3v) is 3.58. The molecule has 0 amide bonds. The maximum Gasteiger partial charge on any atom is 0.123 e. The fourth-order valence-corrected chi connectivity index (χ4v) is 2.33. The lowest BCUT2D eigenvalue weighted by atomic mass is 10.0. The van der Waals surface area contributed by atoms with Gasteiger partial charge in [-0.05, 0) is 44.0 Å². The van der Waals surface area contributed by atoms with E-state index in [1.165, 1.54) is 12.1 Å². The highest BCUT2D eigenvalue weighted by atomic mass is 19.1. The van der Waals surface area contributed by atoms with Crippen LogP contribution in [0.4, 0.5) is 4.39 Å². The van der Waals surface area contributed by atoms with E-state index in [-0.39, 0.29) is 17.9 Å². The third-order valence-electron chi connectivity index (χ3n) is 3.58. The summed E-state index contributed by atoms with van der Waals surface area (Å²) < 4.78 is 14.8. The van der Waals surface area contributed by atoms with E-state index in [1.807, 2.05) is 23.9 Å². The van der Waals surface area contributed by atoms with Gasteiger partial charge in [-0.3, -0.25) is 4.68 Å². The van der Waals surface area contributed by atoms with Crippen molar-refractivity contribution in [3.8, 4) is 0 Å². The Morgan fingerprint density at radius 2 is 2.00 bits per heavy atom. The number of halogens is 1. The van der Waals surface area contributed by atoms with Crippen LogP contribution < -0.4 is 5.32 Å². The number of hydrogen-bond donors (Lipinski definition) is 2. The van der Waals surface area contributed by atoms with Gasteiger partial charge in [0, 0.05) is 31.0 Å². The summed E-state index contributed by atoms with van der Waals surface area (Å²) in [7, 11) is 0. The molecule has 0 saturated heterocycles. The molecule has 0 aliphatic carbocycles. The van der Waals surface area contributed by atoms with Gasteiger partial charge >= 0.3 is 0 Å². The van der Waals surface area contributed by atoms with E-state index in [4.69, 9.17) is 0 Å². The lowest BCUT2D eigenvalue weighted by Gasteiger charge is -2.24. The molecule has 114 valence electrons. The van der Waals surface area contributed by atoms with Crippen molar-refractivity contribution >= 4 is 0 Å². The first-order valence-corrected chi connectivity index (χ1v) is 7.23. The molecule has 2 aromatic rings. The van der Waals surface area contributed by atoms with Gasteiger partial charge in [0.1, 0.15) is 5.82 Å². The summed E-state index contributed by atoms with van der Waals surface area (Å²) in [6, 6.07) is 8.01. The van der Waals surface area contributed by atoms with Gasteiger partial charge in [-0.1, -0.05) is 12.1 Å². The first kappa shape index (κ1) is 15.7. The van der Waals surface area contributed by atoms with Crippen molar-refractivity contribution in [2.45, 2.75) is 45.0 Å². The molecule has 0 fully saturated rings. The van der Waals surface area contributed by atoms with Gasteiger partial charge in [0.15, 0.2) is 0 Å². The fourth-order valence-electron chi connectivity index (χ4n) is 2.33. The Morgan fingerprint density at radius 1 is 1.29 bits per heavy atom. The standard InChI is InChI=1S/C16H22FN3O/c1-12(8-11-20-10-3-9-18-20)19-13(2)16(21)14-4-6-15(17)7-5-14/h3-7,9-10,12-13,16,19,21H,8,11H2,1-2H3. The molecule has 2 N–H and O–H groups in total. The minimum atomic E-state index is -0.655. The molecular weight excluding hydrogens is 269 g/mol. The second-order valence-corrected chi connectivity index (χ2v) is 5.41. The zero-order valence-electron chi connectivity index (χ0n) is 12.4. The second kappa shape index (κ2) is 7.33. The van der Waals surface area contributed by atoms with E-state index in [2.05, 4.69) is 17.3 Å². The lowest BCUT2D eigenvalue weighted by Crippen LogP contribution is -2.39. The normalized spacial score (nSPS) is 15.6. The van der Waals surface area contributed by atoms with Gasteiger partial charge < -0.3 is 10.4 Å². The summed E-state index contributed by atoms with van der Waals surface area (Å²) >= 11 is 0. The summed E-state index contributed by atoms with van der Waals surface area (Å²) in [6.07, 6.45) is 3.96. The maximum atomic E-state index is 12.9. The number of aliphatic hydroxyl groups is 1. The van der Waals surface area contributed by atoms with Crippen molar-refractivity contribution in [3.63, 3.8) is 0 Å². The monoisotopic (exact) mass is 291 g/mol. The van der Waals surface area contributed by atoms with Crippen molar-refractivity contribution < 1.29 is 9.50 Å². The molecule has 0 radical (unpaired) electrons. The maximum absolute atomic E-state index is 12.9. The first-order chi connectivity index (χ1) is 10.1. The molecule has 4 nitrogen and oxygen atoms in total. The highest BCUT2D eigenvalue weighted by Crippen LogP contribution is 2.17. The molecule has 0 aliphatic rings. The number of nitrogens with zero attached hydrogens (tertiary/aromatic N) is 2. The van der Waals surface area contributed by atoms with Gasteiger partial charge in [0.25, 0.3) is 0 Å². The molecule has 3 unspecified atom stereocenters. The van der Waals surface area contributed by atoms with Gasteiger partial charge in [0.05, 0.1) is 6.10 Å². The molecule has 3 atom stereocenters. The average molecular weight is 291 g/mol. The zero-order valence-corrected chi connectivity index (χ0v) is 12.4. The van der Waals surface area contributed by atoms with Gasteiger partial charge in [-0.2, -0.15) is 5.10 Å². The van der Waals surface area contributed by atoms with Gasteiger partial charge in [0.2, 0.25) is 0 Å². The number of hydrogen-bond acceptors (Lipinski definition) is 3. The molecular formula is C16H22FN3O. The quantitative estimate of drug-likeness (QED) is 0.824. The minimum absolute atomic E-state index is 0.108. The van der Waals surface area contributed by atoms with E-state index >= 15 is 0 Å². The first-order valence-electron chi connectivity index (χ1n) is 7.23. The molecule has 0 bridgehead atoms. The molecule has 5 heteroatoms. The van der Waals surface area contributed by atoms with Crippen LogP contribution in [-0.2, 0) is 6.54 Å². The van der Waals surface area contributed by atoms with E-state index in [1.54, 1.807) is 18.3 Å². The lowest BCUT2D eigenvalue weighted by molar-refractivity contribution is 0.129. The Bertz CT molecular complexity index is 527. The Hall–Kier alpha value is -1.72. The zero-order chi connectivity index (χ0) is 15.2. The van der Waals surface area contributed by atoms with Crippen molar-refractivity contribution in [3.05, 3.63) is 54.1 Å². The van der Waals surface area contributed by atoms with Crippen molar-refractivity contribution in [1.29, 1.82) is 0 Å². The van der Waals surface area contributed by atoms with Crippen LogP contribution in [0, 0.1) is 5.82 Å². The SMILES string of the molecule is CC(CCn1cccn1)NC(C)C(O)c1ccc(F)cc1. The van der Waals surface area contributed by atoms with Crippen molar-refractivity contribution in [2.24, 2.45) is 0 Å². The Balaban J connectivity index is 1.82. The highest BCUT2D eigenvalue weighted by molar-refractivity contribution is 5.19. The van der Waals surface area contributed by atoms with Crippen LogP contribution in [0.2, 0.25) is 0 Å². The minimum Gasteiger partial charge on any atom is -0.387 e. The number of aryl methyl sites for hydroxylation is 1. The van der Waals surface area contributed by atoms with Crippen LogP contribution in [0.5, 0.6) is 0 Å². The number of benzene rings is 1. The molecule has 1 aromatic heterocycles. The predicted molar refractivity (Wildman–Crippen MR) is 80.3 cm³/mol. The molecule has 2 rings (SSSR count). The van der Waals surface area contributed by atoms with Crippen LogP contribution in [0.15, 0.2) is 42.7 Å². The summed E-state index contributed by atoms with van der Waals surface area (Å²) in [6.45, 7) is 4.84.